The predicted octanol–water partition coefficient (Wildman–Crippen LogP) is 7.05. The molecule has 0 amide bonds. The van der Waals surface area contributed by atoms with Gasteiger partial charge < -0.3 is 14.5 Å². The molecule has 0 spiro atoms. The van der Waals surface area contributed by atoms with Gasteiger partial charge in [0.05, 0.1) is 17.1 Å². The number of allylic oxidation sites excluding steroid dienone is 4. The van der Waals surface area contributed by atoms with Gasteiger partial charge in [-0.1, -0.05) is 74.9 Å². The van der Waals surface area contributed by atoms with Crippen LogP contribution in [-0.2, 0) is 0 Å². The van der Waals surface area contributed by atoms with Crippen LogP contribution in [0.3, 0.4) is 0 Å². The summed E-state index contributed by atoms with van der Waals surface area (Å²) in [5.74, 6) is 3.44. The van der Waals surface area contributed by atoms with Crippen molar-refractivity contribution in [2.45, 2.75) is 32.6 Å². The summed E-state index contributed by atoms with van der Waals surface area (Å²) in [6.07, 6.45) is 0. The van der Waals surface area contributed by atoms with Crippen molar-refractivity contribution >= 4 is 23.1 Å². The quantitative estimate of drug-likeness (QED) is 0.406. The van der Waals surface area contributed by atoms with E-state index in [0.717, 1.165) is 17.2 Å². The van der Waals surface area contributed by atoms with Gasteiger partial charge in [0.2, 0.25) is 0 Å². The Hall–Kier alpha value is -2.59. The van der Waals surface area contributed by atoms with Gasteiger partial charge in [-0.3, -0.25) is 0 Å². The first-order valence-electron chi connectivity index (χ1n) is 11.6. The highest BCUT2D eigenvalue weighted by atomic mass is 32.2. The van der Waals surface area contributed by atoms with Gasteiger partial charge in [0.1, 0.15) is 5.76 Å². The van der Waals surface area contributed by atoms with Crippen molar-refractivity contribution in [1.29, 1.82) is 0 Å². The Morgan fingerprint density at radius 2 is 1.28 bits per heavy atom. The molecule has 0 radical (unpaired) electrons. The van der Waals surface area contributed by atoms with Gasteiger partial charge in [-0.2, -0.15) is 0 Å². The SMILES string of the molecule is CC1C2=C(C(C)C3=C1C(C)C1=C(C3C)N(C)c3ccccc3S1)N(C)c1ccccc1O2. The van der Waals surface area contributed by atoms with Crippen molar-refractivity contribution in [1.82, 2.24) is 0 Å². The molecule has 4 aliphatic rings. The van der Waals surface area contributed by atoms with Crippen LogP contribution in [0.5, 0.6) is 5.75 Å². The zero-order valence-corrected chi connectivity index (χ0v) is 20.5. The van der Waals surface area contributed by atoms with Gasteiger partial charge in [0.25, 0.3) is 0 Å². The molecule has 0 N–H and O–H groups in total. The summed E-state index contributed by atoms with van der Waals surface area (Å²) in [6, 6.07) is 17.2. The fourth-order valence-corrected chi connectivity index (χ4v) is 7.94. The molecule has 4 atom stereocenters. The van der Waals surface area contributed by atoms with Gasteiger partial charge in [0.15, 0.2) is 5.75 Å². The Labute approximate surface area is 195 Å². The summed E-state index contributed by atoms with van der Waals surface area (Å²) in [5, 5.41) is 0. The van der Waals surface area contributed by atoms with E-state index >= 15 is 0 Å². The fraction of sp³-hybridized carbons (Fsp3) is 0.357. The lowest BCUT2D eigenvalue weighted by molar-refractivity contribution is 0.325. The van der Waals surface area contributed by atoms with Crippen molar-refractivity contribution in [2.75, 3.05) is 23.9 Å². The molecular formula is C28H30N2OS. The van der Waals surface area contributed by atoms with Crippen LogP contribution in [0.2, 0.25) is 0 Å². The number of benzene rings is 2. The Morgan fingerprint density at radius 1 is 0.688 bits per heavy atom. The molecule has 3 nitrogen and oxygen atoms in total. The van der Waals surface area contributed by atoms with Crippen LogP contribution >= 0.6 is 11.8 Å². The molecule has 2 aliphatic carbocycles. The number of ether oxygens (including phenoxy) is 1. The maximum Gasteiger partial charge on any atom is 0.150 e. The minimum absolute atomic E-state index is 0.265. The fourth-order valence-electron chi connectivity index (χ4n) is 6.53. The number of hydrogen-bond acceptors (Lipinski definition) is 4. The molecule has 0 fully saturated rings. The number of rotatable bonds is 0. The number of thioether (sulfide) groups is 1. The van der Waals surface area contributed by atoms with Crippen LogP contribution in [0.4, 0.5) is 11.4 Å². The molecule has 2 aliphatic heterocycles. The third kappa shape index (κ3) is 2.50. The van der Waals surface area contributed by atoms with E-state index in [1.165, 1.54) is 26.9 Å². The zero-order valence-electron chi connectivity index (χ0n) is 19.6. The Balaban J connectivity index is 1.47. The maximum atomic E-state index is 6.61. The highest BCUT2D eigenvalue weighted by Crippen LogP contribution is 2.59. The summed E-state index contributed by atoms with van der Waals surface area (Å²) in [7, 11) is 4.45. The van der Waals surface area contributed by atoms with E-state index < -0.39 is 0 Å². The molecule has 2 heterocycles. The second-order valence-electron chi connectivity index (χ2n) is 9.55. The molecule has 0 saturated carbocycles. The molecule has 0 aromatic heterocycles. The molecule has 2 aromatic carbocycles. The molecule has 164 valence electrons. The lowest BCUT2D eigenvalue weighted by Crippen LogP contribution is -2.42. The standard InChI is InChI=1S/C28H30N2OS/c1-15-23-16(2)26-28(32-22-14-10-8-12-20(22)30(26)6)18(4)24(23)17(3)27-25(15)29(5)19-11-7-9-13-21(19)31-27/h7-18H,1-6H3. The van der Waals surface area contributed by atoms with Gasteiger partial charge in [-0.25, -0.2) is 0 Å². The number of para-hydroxylation sites is 3. The van der Waals surface area contributed by atoms with Crippen LogP contribution in [-0.4, -0.2) is 14.1 Å². The van der Waals surface area contributed by atoms with Crippen molar-refractivity contribution in [3.63, 3.8) is 0 Å². The largest absolute Gasteiger partial charge is 0.457 e. The van der Waals surface area contributed by atoms with Crippen molar-refractivity contribution in [3.05, 3.63) is 81.7 Å². The van der Waals surface area contributed by atoms with Gasteiger partial charge in [-0.05, 0) is 24.3 Å². The number of anilines is 2. The minimum Gasteiger partial charge on any atom is -0.457 e. The summed E-state index contributed by atoms with van der Waals surface area (Å²) in [5.41, 5.74) is 8.43. The van der Waals surface area contributed by atoms with E-state index in [9.17, 15) is 0 Å². The molecule has 6 rings (SSSR count). The van der Waals surface area contributed by atoms with Crippen LogP contribution in [0, 0.1) is 23.7 Å². The first kappa shape index (κ1) is 20.0. The Bertz CT molecular complexity index is 1150. The third-order valence-corrected chi connectivity index (χ3v) is 9.27. The number of hydrogen-bond donors (Lipinski definition) is 0. The van der Waals surface area contributed by atoms with Crippen molar-refractivity contribution in [3.8, 4) is 5.75 Å². The maximum absolute atomic E-state index is 6.61. The Kier molecular flexibility index (Phi) is 4.36. The van der Waals surface area contributed by atoms with E-state index in [-0.39, 0.29) is 5.92 Å². The molecule has 0 bridgehead atoms. The van der Waals surface area contributed by atoms with Crippen LogP contribution in [0.25, 0.3) is 0 Å². The molecule has 4 unspecified atom stereocenters. The number of fused-ring (bicyclic) bond motifs is 2. The first-order valence-corrected chi connectivity index (χ1v) is 12.4. The first-order chi connectivity index (χ1) is 15.4. The van der Waals surface area contributed by atoms with Gasteiger partial charge in [-0.15, -0.1) is 0 Å². The average molecular weight is 443 g/mol. The molecule has 0 saturated heterocycles. The average Bonchev–Trinajstić information content (AvgIpc) is 2.79. The highest BCUT2D eigenvalue weighted by molar-refractivity contribution is 8.03. The molecule has 2 aromatic rings. The Morgan fingerprint density at radius 3 is 2.06 bits per heavy atom. The van der Waals surface area contributed by atoms with E-state index in [1.54, 1.807) is 11.1 Å². The van der Waals surface area contributed by atoms with Crippen molar-refractivity contribution in [2.24, 2.45) is 23.7 Å². The predicted molar refractivity (Wildman–Crippen MR) is 134 cm³/mol. The second kappa shape index (κ2) is 6.95. The van der Waals surface area contributed by atoms with Gasteiger partial charge >= 0.3 is 0 Å². The summed E-state index contributed by atoms with van der Waals surface area (Å²) >= 11 is 1.97. The monoisotopic (exact) mass is 442 g/mol. The van der Waals surface area contributed by atoms with E-state index in [4.69, 9.17) is 4.74 Å². The summed E-state index contributed by atoms with van der Waals surface area (Å²) in [6.45, 7) is 9.54. The normalized spacial score (nSPS) is 28.6. The molecule has 32 heavy (non-hydrogen) atoms. The van der Waals surface area contributed by atoms with E-state index in [0.29, 0.717) is 17.8 Å². The smallest absolute Gasteiger partial charge is 0.150 e. The van der Waals surface area contributed by atoms with Gasteiger partial charge in [0, 0.05) is 53.3 Å². The molecule has 4 heteroatoms. The van der Waals surface area contributed by atoms with E-state index in [2.05, 4.69) is 100 Å². The summed E-state index contributed by atoms with van der Waals surface area (Å²) in [4.78, 5) is 7.68. The van der Waals surface area contributed by atoms with Crippen LogP contribution in [0.15, 0.2) is 86.6 Å². The highest BCUT2D eigenvalue weighted by Gasteiger charge is 2.47. The topological polar surface area (TPSA) is 15.7 Å². The number of nitrogens with zero attached hydrogens (tertiary/aromatic N) is 2. The van der Waals surface area contributed by atoms with Crippen LogP contribution < -0.4 is 14.5 Å². The lowest BCUT2D eigenvalue weighted by atomic mass is 9.66. The third-order valence-electron chi connectivity index (χ3n) is 7.93. The lowest BCUT2D eigenvalue weighted by Gasteiger charge is -2.49. The zero-order chi connectivity index (χ0) is 22.3. The minimum atomic E-state index is 0.265. The van der Waals surface area contributed by atoms with Crippen molar-refractivity contribution < 1.29 is 4.74 Å². The van der Waals surface area contributed by atoms with Crippen LogP contribution in [0.1, 0.15) is 27.7 Å². The molecular weight excluding hydrogens is 412 g/mol. The van der Waals surface area contributed by atoms with E-state index in [1.807, 2.05) is 11.8 Å². The summed E-state index contributed by atoms with van der Waals surface area (Å²) < 4.78 is 6.61. The second-order valence-corrected chi connectivity index (χ2v) is 10.6.